The Balaban J connectivity index is 1.69. The maximum absolute atomic E-state index is 13.9. The Labute approximate surface area is 209 Å². The molecule has 0 saturated heterocycles. The Morgan fingerprint density at radius 1 is 1.06 bits per heavy atom. The number of pyridine rings is 1. The summed E-state index contributed by atoms with van der Waals surface area (Å²) in [6.07, 6.45) is 5.31. The molecule has 0 amide bonds. The molecule has 7 heteroatoms. The van der Waals surface area contributed by atoms with Gasteiger partial charge in [0.25, 0.3) is 0 Å². The highest BCUT2D eigenvalue weighted by Crippen LogP contribution is 2.45. The van der Waals surface area contributed by atoms with Gasteiger partial charge in [0, 0.05) is 24.2 Å². The standard InChI is InChI=1S/C29H30FN5O/c1-17-27(34(4)33-32-17)20-14-25-26(31-16-20)23-13-10-21(29(2,3)36)15-24(23)35(25)28(18-6-5-7-18)19-8-11-22(30)12-9-19/h8-16,18,28,36H,5-7H2,1-4H3. The zero-order chi connectivity index (χ0) is 25.2. The number of rotatable bonds is 5. The molecule has 36 heavy (non-hydrogen) atoms. The van der Waals surface area contributed by atoms with Crippen molar-refractivity contribution in [1.82, 2.24) is 24.5 Å². The third-order valence-corrected chi connectivity index (χ3v) is 7.70. The van der Waals surface area contributed by atoms with Gasteiger partial charge in [-0.2, -0.15) is 0 Å². The number of benzene rings is 2. The van der Waals surface area contributed by atoms with Gasteiger partial charge in [-0.3, -0.25) is 4.98 Å². The lowest BCUT2D eigenvalue weighted by Crippen LogP contribution is -2.26. The molecule has 1 N–H and O–H groups in total. The van der Waals surface area contributed by atoms with Crippen LogP contribution in [0.3, 0.4) is 0 Å². The van der Waals surface area contributed by atoms with Crippen LogP contribution < -0.4 is 0 Å². The highest BCUT2D eigenvalue weighted by atomic mass is 19.1. The Bertz CT molecular complexity index is 1570. The first-order valence-corrected chi connectivity index (χ1v) is 12.5. The number of hydrogen-bond acceptors (Lipinski definition) is 4. The summed E-state index contributed by atoms with van der Waals surface area (Å²) in [5, 5.41) is 20.3. The molecule has 1 aliphatic rings. The number of halogens is 1. The van der Waals surface area contributed by atoms with Crippen LogP contribution in [0.5, 0.6) is 0 Å². The Kier molecular flexibility index (Phi) is 5.23. The molecule has 184 valence electrons. The molecule has 1 aliphatic carbocycles. The summed E-state index contributed by atoms with van der Waals surface area (Å²) in [4.78, 5) is 4.94. The molecule has 5 aromatic rings. The van der Waals surface area contributed by atoms with Crippen molar-refractivity contribution in [3.8, 4) is 11.3 Å². The first-order chi connectivity index (χ1) is 17.2. The molecule has 1 saturated carbocycles. The van der Waals surface area contributed by atoms with Crippen molar-refractivity contribution < 1.29 is 9.50 Å². The maximum Gasteiger partial charge on any atom is 0.123 e. The van der Waals surface area contributed by atoms with E-state index in [2.05, 4.69) is 33.1 Å². The zero-order valence-corrected chi connectivity index (χ0v) is 21.0. The number of aliphatic hydroxyl groups is 1. The van der Waals surface area contributed by atoms with Crippen molar-refractivity contribution in [2.24, 2.45) is 13.0 Å². The van der Waals surface area contributed by atoms with Crippen LogP contribution in [0.25, 0.3) is 33.2 Å². The minimum atomic E-state index is -0.979. The van der Waals surface area contributed by atoms with E-state index in [1.54, 1.807) is 30.7 Å². The lowest BCUT2D eigenvalue weighted by Gasteiger charge is -2.36. The van der Waals surface area contributed by atoms with Gasteiger partial charge >= 0.3 is 0 Å². The largest absolute Gasteiger partial charge is 0.386 e. The lowest BCUT2D eigenvalue weighted by molar-refractivity contribution is 0.0787. The first kappa shape index (κ1) is 22.9. The average Bonchev–Trinajstić information content (AvgIpc) is 3.31. The lowest BCUT2D eigenvalue weighted by atomic mass is 9.77. The van der Waals surface area contributed by atoms with Gasteiger partial charge in [0.1, 0.15) is 5.82 Å². The van der Waals surface area contributed by atoms with Gasteiger partial charge in [-0.05, 0) is 74.9 Å². The maximum atomic E-state index is 13.9. The predicted molar refractivity (Wildman–Crippen MR) is 139 cm³/mol. The van der Waals surface area contributed by atoms with Gasteiger partial charge in [-0.25, -0.2) is 9.07 Å². The summed E-state index contributed by atoms with van der Waals surface area (Å²) in [6, 6.07) is 15.2. The van der Waals surface area contributed by atoms with E-state index >= 15 is 0 Å². The summed E-state index contributed by atoms with van der Waals surface area (Å²) in [6.45, 7) is 5.56. The number of aryl methyl sites for hydroxylation is 2. The fourth-order valence-electron chi connectivity index (χ4n) is 5.62. The van der Waals surface area contributed by atoms with Crippen LogP contribution in [0, 0.1) is 18.7 Å². The normalized spacial score (nSPS) is 15.5. The summed E-state index contributed by atoms with van der Waals surface area (Å²) in [5.74, 6) is 0.199. The van der Waals surface area contributed by atoms with Crippen molar-refractivity contribution in [2.45, 2.75) is 51.7 Å². The van der Waals surface area contributed by atoms with E-state index in [0.717, 1.165) is 62.9 Å². The van der Waals surface area contributed by atoms with Gasteiger partial charge in [0.2, 0.25) is 0 Å². The number of nitrogens with zero attached hydrogens (tertiary/aromatic N) is 5. The van der Waals surface area contributed by atoms with Crippen LogP contribution in [-0.4, -0.2) is 29.7 Å². The van der Waals surface area contributed by atoms with Gasteiger partial charge in [0.05, 0.1) is 39.6 Å². The summed E-state index contributed by atoms with van der Waals surface area (Å²) < 4.78 is 18.1. The van der Waals surface area contributed by atoms with E-state index in [9.17, 15) is 9.50 Å². The van der Waals surface area contributed by atoms with Crippen molar-refractivity contribution in [3.63, 3.8) is 0 Å². The van der Waals surface area contributed by atoms with Crippen molar-refractivity contribution in [1.29, 1.82) is 0 Å². The van der Waals surface area contributed by atoms with E-state index in [1.165, 1.54) is 6.42 Å². The summed E-state index contributed by atoms with van der Waals surface area (Å²) >= 11 is 0. The molecule has 0 bridgehead atoms. The molecule has 0 radical (unpaired) electrons. The number of hydrogen-bond donors (Lipinski definition) is 1. The molecular weight excluding hydrogens is 453 g/mol. The second-order valence-electron chi connectivity index (χ2n) is 10.6. The van der Waals surface area contributed by atoms with Gasteiger partial charge in [-0.15, -0.1) is 5.10 Å². The average molecular weight is 484 g/mol. The van der Waals surface area contributed by atoms with E-state index in [1.807, 2.05) is 38.4 Å². The second kappa shape index (κ2) is 8.23. The molecule has 6 nitrogen and oxygen atoms in total. The fourth-order valence-corrected chi connectivity index (χ4v) is 5.62. The summed E-state index contributed by atoms with van der Waals surface area (Å²) in [7, 11) is 1.89. The molecule has 0 spiro atoms. The van der Waals surface area contributed by atoms with Gasteiger partial charge in [-0.1, -0.05) is 35.9 Å². The molecule has 0 aliphatic heterocycles. The molecule has 2 aromatic carbocycles. The molecule has 3 aromatic heterocycles. The van der Waals surface area contributed by atoms with Crippen LogP contribution in [0.1, 0.15) is 56.0 Å². The molecule has 1 atom stereocenters. The van der Waals surface area contributed by atoms with E-state index in [4.69, 9.17) is 4.98 Å². The van der Waals surface area contributed by atoms with Crippen LogP contribution >= 0.6 is 0 Å². The van der Waals surface area contributed by atoms with E-state index in [-0.39, 0.29) is 11.9 Å². The molecule has 1 unspecified atom stereocenters. The SMILES string of the molecule is Cc1nnn(C)c1-c1cnc2c3ccc(C(C)(C)O)cc3n(C(c3ccc(F)cc3)C3CCC3)c2c1. The number of aromatic nitrogens is 5. The monoisotopic (exact) mass is 483 g/mol. The highest BCUT2D eigenvalue weighted by molar-refractivity contribution is 6.07. The zero-order valence-electron chi connectivity index (χ0n) is 21.0. The third kappa shape index (κ3) is 3.61. The van der Waals surface area contributed by atoms with Crippen molar-refractivity contribution in [3.05, 3.63) is 77.4 Å². The summed E-state index contributed by atoms with van der Waals surface area (Å²) in [5.41, 5.74) is 6.62. The quantitative estimate of drug-likeness (QED) is 0.330. The predicted octanol–water partition coefficient (Wildman–Crippen LogP) is 6.05. The van der Waals surface area contributed by atoms with Crippen molar-refractivity contribution >= 4 is 21.9 Å². The van der Waals surface area contributed by atoms with Crippen LogP contribution in [0.15, 0.2) is 54.7 Å². The van der Waals surface area contributed by atoms with Gasteiger partial charge < -0.3 is 9.67 Å². The minimum Gasteiger partial charge on any atom is -0.386 e. The van der Waals surface area contributed by atoms with Crippen LogP contribution in [0.2, 0.25) is 0 Å². The first-order valence-electron chi connectivity index (χ1n) is 12.5. The smallest absolute Gasteiger partial charge is 0.123 e. The molecule has 3 heterocycles. The minimum absolute atomic E-state index is 0.0271. The fraction of sp³-hybridized carbons (Fsp3) is 0.345. The highest BCUT2D eigenvalue weighted by Gasteiger charge is 2.33. The topological polar surface area (TPSA) is 68.8 Å². The third-order valence-electron chi connectivity index (χ3n) is 7.70. The molecular formula is C29H30FN5O. The second-order valence-corrected chi connectivity index (χ2v) is 10.6. The Morgan fingerprint density at radius 3 is 2.42 bits per heavy atom. The number of fused-ring (bicyclic) bond motifs is 3. The van der Waals surface area contributed by atoms with Crippen LogP contribution in [0.4, 0.5) is 4.39 Å². The van der Waals surface area contributed by atoms with Crippen molar-refractivity contribution in [2.75, 3.05) is 0 Å². The van der Waals surface area contributed by atoms with Crippen LogP contribution in [-0.2, 0) is 12.6 Å². The Morgan fingerprint density at radius 2 is 1.81 bits per heavy atom. The van der Waals surface area contributed by atoms with Gasteiger partial charge in [0.15, 0.2) is 0 Å². The Hall–Kier alpha value is -3.58. The van der Waals surface area contributed by atoms with E-state index in [0.29, 0.717) is 5.92 Å². The molecule has 6 rings (SSSR count). The molecule has 1 fully saturated rings. The van der Waals surface area contributed by atoms with E-state index < -0.39 is 5.60 Å².